The molecule has 1 atom stereocenters. The van der Waals surface area contributed by atoms with Crippen molar-refractivity contribution in [3.63, 3.8) is 0 Å². The highest BCUT2D eigenvalue weighted by atomic mass is 32.2. The van der Waals surface area contributed by atoms with Gasteiger partial charge in [0, 0.05) is 19.1 Å². The minimum Gasteiger partial charge on any atom is -0.469 e. The molecule has 0 bridgehead atoms. The molecule has 1 aliphatic heterocycles. The number of piperidine rings is 1. The average molecular weight is 264 g/mol. The number of hydrogen-bond donors (Lipinski definition) is 1. The lowest BCUT2D eigenvalue weighted by Gasteiger charge is -2.31. The number of ether oxygens (including phenoxy) is 1. The second kappa shape index (κ2) is 5.79. The number of carbonyl (C=O) groups is 1. The number of hydrogen-bond acceptors (Lipinski definition) is 4. The van der Waals surface area contributed by atoms with Crippen LogP contribution in [0, 0.1) is 5.92 Å². The second-order valence-electron chi connectivity index (χ2n) is 4.50. The standard InChI is InChI=1S/C10H20N2O4S/c1-8(2)11-17(14,15)12-6-4-5-9(7-12)10(13)16-3/h8-9,11H,4-7H2,1-3H3. The fourth-order valence-corrected chi connectivity index (χ4v) is 3.38. The topological polar surface area (TPSA) is 75.7 Å². The Bertz CT molecular complexity index is 367. The van der Waals surface area contributed by atoms with Crippen molar-refractivity contribution < 1.29 is 17.9 Å². The molecule has 0 radical (unpaired) electrons. The molecule has 1 saturated heterocycles. The maximum Gasteiger partial charge on any atom is 0.309 e. The summed E-state index contributed by atoms with van der Waals surface area (Å²) >= 11 is 0. The fourth-order valence-electron chi connectivity index (χ4n) is 1.89. The van der Waals surface area contributed by atoms with Gasteiger partial charge in [0.15, 0.2) is 0 Å². The number of esters is 1. The number of rotatable bonds is 4. The molecule has 0 saturated carbocycles. The summed E-state index contributed by atoms with van der Waals surface area (Å²) in [5, 5.41) is 0. The number of methoxy groups -OCH3 is 1. The fraction of sp³-hybridized carbons (Fsp3) is 0.900. The third-order valence-corrected chi connectivity index (χ3v) is 4.42. The molecular formula is C10H20N2O4S. The molecule has 0 aromatic rings. The van der Waals surface area contributed by atoms with Crippen LogP contribution in [0.2, 0.25) is 0 Å². The predicted octanol–water partition coefficient (Wildman–Crippen LogP) is 0.114. The van der Waals surface area contributed by atoms with E-state index in [9.17, 15) is 13.2 Å². The van der Waals surface area contributed by atoms with E-state index in [-0.39, 0.29) is 24.5 Å². The highest BCUT2D eigenvalue weighted by Gasteiger charge is 2.32. The molecule has 0 spiro atoms. The summed E-state index contributed by atoms with van der Waals surface area (Å²) in [6.07, 6.45) is 1.36. The minimum absolute atomic E-state index is 0.154. The third kappa shape index (κ3) is 3.93. The smallest absolute Gasteiger partial charge is 0.309 e. The molecule has 1 N–H and O–H groups in total. The molecule has 1 aliphatic rings. The van der Waals surface area contributed by atoms with Crippen LogP contribution in [0.5, 0.6) is 0 Å². The Morgan fingerprint density at radius 2 is 2.12 bits per heavy atom. The molecule has 17 heavy (non-hydrogen) atoms. The number of nitrogens with one attached hydrogen (secondary N) is 1. The van der Waals surface area contributed by atoms with Crippen molar-refractivity contribution >= 4 is 16.2 Å². The van der Waals surface area contributed by atoms with Crippen LogP contribution in [-0.4, -0.2) is 44.9 Å². The molecular weight excluding hydrogens is 244 g/mol. The lowest BCUT2D eigenvalue weighted by molar-refractivity contribution is -0.146. The van der Waals surface area contributed by atoms with Gasteiger partial charge in [-0.25, -0.2) is 0 Å². The van der Waals surface area contributed by atoms with Crippen LogP contribution in [0.1, 0.15) is 26.7 Å². The highest BCUT2D eigenvalue weighted by molar-refractivity contribution is 7.87. The Morgan fingerprint density at radius 1 is 1.47 bits per heavy atom. The molecule has 7 heteroatoms. The molecule has 1 unspecified atom stereocenters. The normalized spacial score (nSPS) is 22.7. The van der Waals surface area contributed by atoms with Gasteiger partial charge in [-0.2, -0.15) is 17.4 Å². The van der Waals surface area contributed by atoms with E-state index in [4.69, 9.17) is 0 Å². The minimum atomic E-state index is -3.48. The summed E-state index contributed by atoms with van der Waals surface area (Å²) in [6, 6.07) is -0.154. The van der Waals surface area contributed by atoms with Crippen LogP contribution in [-0.2, 0) is 19.7 Å². The van der Waals surface area contributed by atoms with E-state index in [1.54, 1.807) is 13.8 Å². The number of nitrogens with zero attached hydrogens (tertiary/aromatic N) is 1. The van der Waals surface area contributed by atoms with Crippen molar-refractivity contribution in [2.75, 3.05) is 20.2 Å². The Labute approximate surface area is 102 Å². The van der Waals surface area contributed by atoms with Crippen molar-refractivity contribution in [3.8, 4) is 0 Å². The molecule has 1 rings (SSSR count). The maximum absolute atomic E-state index is 11.9. The van der Waals surface area contributed by atoms with Gasteiger partial charge in [0.2, 0.25) is 0 Å². The van der Waals surface area contributed by atoms with Gasteiger partial charge in [-0.1, -0.05) is 0 Å². The van der Waals surface area contributed by atoms with Crippen molar-refractivity contribution in [2.24, 2.45) is 5.92 Å². The van der Waals surface area contributed by atoms with E-state index in [2.05, 4.69) is 9.46 Å². The van der Waals surface area contributed by atoms with Gasteiger partial charge in [-0.3, -0.25) is 4.79 Å². The average Bonchev–Trinajstić information content (AvgIpc) is 2.26. The monoisotopic (exact) mass is 264 g/mol. The summed E-state index contributed by atoms with van der Waals surface area (Å²) in [5.74, 6) is -0.688. The Morgan fingerprint density at radius 3 is 2.65 bits per heavy atom. The zero-order valence-corrected chi connectivity index (χ0v) is 11.3. The quantitative estimate of drug-likeness (QED) is 0.731. The van der Waals surface area contributed by atoms with Crippen molar-refractivity contribution in [3.05, 3.63) is 0 Å². The number of carbonyl (C=O) groups excluding carboxylic acids is 1. The lowest BCUT2D eigenvalue weighted by Crippen LogP contribution is -2.49. The van der Waals surface area contributed by atoms with Crippen LogP contribution in [0.4, 0.5) is 0 Å². The van der Waals surface area contributed by atoms with Crippen LogP contribution < -0.4 is 4.72 Å². The molecule has 1 fully saturated rings. The van der Waals surface area contributed by atoms with Gasteiger partial charge >= 0.3 is 5.97 Å². The van der Waals surface area contributed by atoms with Crippen LogP contribution >= 0.6 is 0 Å². The first-order valence-corrected chi connectivity index (χ1v) is 7.16. The summed E-state index contributed by atoms with van der Waals surface area (Å²) in [5.41, 5.74) is 0. The van der Waals surface area contributed by atoms with E-state index in [1.165, 1.54) is 11.4 Å². The van der Waals surface area contributed by atoms with E-state index in [1.807, 2.05) is 0 Å². The first-order valence-electron chi connectivity index (χ1n) is 5.72. The summed E-state index contributed by atoms with van der Waals surface area (Å²) in [7, 11) is -2.16. The Hall–Kier alpha value is -0.660. The van der Waals surface area contributed by atoms with Crippen molar-refractivity contribution in [1.82, 2.24) is 9.03 Å². The predicted molar refractivity (Wildman–Crippen MR) is 63.5 cm³/mol. The van der Waals surface area contributed by atoms with Gasteiger partial charge in [0.05, 0.1) is 13.0 Å². The maximum atomic E-state index is 11.9. The molecule has 0 amide bonds. The van der Waals surface area contributed by atoms with Gasteiger partial charge in [0.1, 0.15) is 0 Å². The summed E-state index contributed by atoms with van der Waals surface area (Å²) in [6.45, 7) is 4.18. The Kier molecular flexibility index (Phi) is 4.91. The van der Waals surface area contributed by atoms with E-state index in [0.29, 0.717) is 19.4 Å². The van der Waals surface area contributed by atoms with E-state index in [0.717, 1.165) is 0 Å². The van der Waals surface area contributed by atoms with Gasteiger partial charge < -0.3 is 4.74 Å². The highest BCUT2D eigenvalue weighted by Crippen LogP contribution is 2.19. The molecule has 0 aromatic carbocycles. The van der Waals surface area contributed by atoms with Crippen LogP contribution in [0.25, 0.3) is 0 Å². The lowest BCUT2D eigenvalue weighted by atomic mass is 10.0. The first kappa shape index (κ1) is 14.4. The summed E-state index contributed by atoms with van der Waals surface area (Å²) in [4.78, 5) is 11.4. The molecule has 1 heterocycles. The van der Waals surface area contributed by atoms with E-state index < -0.39 is 10.2 Å². The summed E-state index contributed by atoms with van der Waals surface area (Å²) < 4.78 is 32.3. The second-order valence-corrected chi connectivity index (χ2v) is 6.20. The molecule has 6 nitrogen and oxygen atoms in total. The van der Waals surface area contributed by atoms with Gasteiger partial charge in [-0.15, -0.1) is 0 Å². The van der Waals surface area contributed by atoms with Crippen molar-refractivity contribution in [1.29, 1.82) is 0 Å². The van der Waals surface area contributed by atoms with Gasteiger partial charge in [-0.05, 0) is 26.7 Å². The SMILES string of the molecule is COC(=O)C1CCCN(S(=O)(=O)NC(C)C)C1. The zero-order valence-electron chi connectivity index (χ0n) is 10.5. The third-order valence-electron chi connectivity index (χ3n) is 2.64. The first-order chi connectivity index (χ1) is 7.86. The zero-order chi connectivity index (χ0) is 13.1. The molecule has 100 valence electrons. The largest absolute Gasteiger partial charge is 0.469 e. The molecule has 0 aliphatic carbocycles. The van der Waals surface area contributed by atoms with Crippen LogP contribution in [0.15, 0.2) is 0 Å². The molecule has 0 aromatic heterocycles. The Balaban J connectivity index is 2.69. The van der Waals surface area contributed by atoms with Gasteiger partial charge in [0.25, 0.3) is 10.2 Å². The van der Waals surface area contributed by atoms with E-state index >= 15 is 0 Å². The van der Waals surface area contributed by atoms with Crippen molar-refractivity contribution in [2.45, 2.75) is 32.7 Å². The van der Waals surface area contributed by atoms with Crippen LogP contribution in [0.3, 0.4) is 0 Å².